The van der Waals surface area contributed by atoms with Gasteiger partial charge in [-0.25, -0.2) is 0 Å². The maximum absolute atomic E-state index is 12.8. The summed E-state index contributed by atoms with van der Waals surface area (Å²) in [6.07, 6.45) is 3.52. The van der Waals surface area contributed by atoms with Crippen LogP contribution in [0.4, 0.5) is 17.1 Å². The lowest BCUT2D eigenvalue weighted by Gasteiger charge is -2.18. The van der Waals surface area contributed by atoms with Gasteiger partial charge in [-0.15, -0.1) is 0 Å². The molecule has 1 heterocycles. The summed E-state index contributed by atoms with van der Waals surface area (Å²) in [5.41, 5.74) is 5.74. The summed E-state index contributed by atoms with van der Waals surface area (Å²) < 4.78 is 0. The van der Waals surface area contributed by atoms with Gasteiger partial charge in [0.1, 0.15) is 0 Å². The highest BCUT2D eigenvalue weighted by Crippen LogP contribution is 2.31. The monoisotopic (exact) mass is 391 g/mol. The van der Waals surface area contributed by atoms with Gasteiger partial charge in [0.05, 0.1) is 5.92 Å². The molecule has 0 bridgehead atoms. The van der Waals surface area contributed by atoms with E-state index in [2.05, 4.69) is 22.8 Å². The molecular weight excluding hydrogens is 366 g/mol. The Kier molecular flexibility index (Phi) is 5.09. The minimum absolute atomic E-state index is 0.0223. The third kappa shape index (κ3) is 4.01. The predicted molar refractivity (Wildman–Crippen MR) is 113 cm³/mol. The van der Waals surface area contributed by atoms with Crippen molar-refractivity contribution in [1.82, 2.24) is 0 Å². The van der Waals surface area contributed by atoms with Gasteiger partial charge in [0, 0.05) is 37.0 Å². The summed E-state index contributed by atoms with van der Waals surface area (Å²) in [7, 11) is 0. The number of nitrogens with one attached hydrogen (secondary N) is 2. The second kappa shape index (κ2) is 7.70. The Balaban J connectivity index is 1.45. The predicted octanol–water partition coefficient (Wildman–Crippen LogP) is 3.43. The van der Waals surface area contributed by atoms with Gasteiger partial charge in [-0.2, -0.15) is 0 Å². The van der Waals surface area contributed by atoms with Crippen molar-refractivity contribution in [2.45, 2.75) is 39.5 Å². The highest BCUT2D eigenvalue weighted by molar-refractivity contribution is 6.04. The van der Waals surface area contributed by atoms with Gasteiger partial charge in [-0.05, 0) is 67.1 Å². The van der Waals surface area contributed by atoms with E-state index in [1.165, 1.54) is 18.1 Å². The molecule has 6 nitrogen and oxygen atoms in total. The molecule has 4 rings (SSSR count). The maximum atomic E-state index is 12.8. The number of benzene rings is 2. The van der Waals surface area contributed by atoms with Gasteiger partial charge in [0.15, 0.2) is 0 Å². The number of carbonyl (C=O) groups is 3. The summed E-state index contributed by atoms with van der Waals surface area (Å²) in [4.78, 5) is 38.4. The zero-order chi connectivity index (χ0) is 20.5. The summed E-state index contributed by atoms with van der Waals surface area (Å²) in [6.45, 7) is 3.72. The van der Waals surface area contributed by atoms with Crippen LogP contribution in [-0.4, -0.2) is 24.3 Å². The van der Waals surface area contributed by atoms with Crippen LogP contribution in [0, 0.1) is 12.8 Å². The van der Waals surface area contributed by atoms with Crippen LogP contribution in [0.3, 0.4) is 0 Å². The topological polar surface area (TPSA) is 78.5 Å². The van der Waals surface area contributed by atoms with Crippen LogP contribution in [0.15, 0.2) is 36.4 Å². The molecule has 0 aromatic heterocycles. The number of fused-ring (bicyclic) bond motifs is 1. The van der Waals surface area contributed by atoms with Crippen molar-refractivity contribution in [2.24, 2.45) is 5.92 Å². The molecule has 29 heavy (non-hydrogen) atoms. The SMILES string of the molecule is CC(=O)Nc1cc(NC(=O)C2CC(=O)N(c3ccc4c(c3)CCC4)C2)ccc1C. The van der Waals surface area contributed by atoms with Crippen molar-refractivity contribution >= 4 is 34.8 Å². The van der Waals surface area contributed by atoms with E-state index in [1.807, 2.05) is 19.1 Å². The summed E-state index contributed by atoms with van der Waals surface area (Å²) in [5.74, 6) is -0.769. The molecule has 0 saturated carbocycles. The maximum Gasteiger partial charge on any atom is 0.229 e. The first-order valence-electron chi connectivity index (χ1n) is 10.0. The largest absolute Gasteiger partial charge is 0.326 e. The molecule has 2 aliphatic rings. The average Bonchev–Trinajstić information content (AvgIpc) is 3.29. The fourth-order valence-electron chi connectivity index (χ4n) is 4.13. The van der Waals surface area contributed by atoms with E-state index < -0.39 is 5.92 Å². The standard InChI is InChI=1S/C23H25N3O3/c1-14-6-8-19(12-21(14)24-15(2)27)25-23(29)18-11-22(28)26(13-18)20-9-7-16-4-3-5-17(16)10-20/h6-10,12,18H,3-5,11,13H2,1-2H3,(H,24,27)(H,25,29). The first-order valence-corrected chi connectivity index (χ1v) is 10.0. The van der Waals surface area contributed by atoms with Crippen LogP contribution in [-0.2, 0) is 27.2 Å². The van der Waals surface area contributed by atoms with E-state index in [0.29, 0.717) is 17.9 Å². The quantitative estimate of drug-likeness (QED) is 0.838. The van der Waals surface area contributed by atoms with Gasteiger partial charge in [0.2, 0.25) is 17.7 Å². The Hall–Kier alpha value is -3.15. The molecule has 150 valence electrons. The number of anilines is 3. The summed E-state index contributed by atoms with van der Waals surface area (Å²) in [6, 6.07) is 11.6. The molecule has 1 fully saturated rings. The lowest BCUT2D eigenvalue weighted by atomic mass is 10.1. The molecule has 2 aromatic carbocycles. The molecule has 0 radical (unpaired) electrons. The van der Waals surface area contributed by atoms with Crippen molar-refractivity contribution in [3.8, 4) is 0 Å². The number of hydrogen-bond donors (Lipinski definition) is 2. The van der Waals surface area contributed by atoms with Gasteiger partial charge in [-0.1, -0.05) is 12.1 Å². The van der Waals surface area contributed by atoms with E-state index in [9.17, 15) is 14.4 Å². The number of rotatable bonds is 4. The lowest BCUT2D eigenvalue weighted by molar-refractivity contribution is -0.122. The van der Waals surface area contributed by atoms with E-state index in [1.54, 1.807) is 17.0 Å². The molecule has 1 atom stereocenters. The lowest BCUT2D eigenvalue weighted by Crippen LogP contribution is -2.28. The molecule has 2 aromatic rings. The van der Waals surface area contributed by atoms with Crippen molar-refractivity contribution < 1.29 is 14.4 Å². The number of aryl methyl sites for hydroxylation is 3. The molecule has 3 amide bonds. The first kappa shape index (κ1) is 19.2. The van der Waals surface area contributed by atoms with Crippen LogP contribution in [0.1, 0.15) is 36.5 Å². The highest BCUT2D eigenvalue weighted by atomic mass is 16.2. The van der Waals surface area contributed by atoms with Crippen molar-refractivity contribution in [2.75, 3.05) is 22.1 Å². The molecule has 1 aliphatic heterocycles. The molecular formula is C23H25N3O3. The van der Waals surface area contributed by atoms with Crippen LogP contribution in [0.25, 0.3) is 0 Å². The smallest absolute Gasteiger partial charge is 0.229 e. The Morgan fingerprint density at radius 3 is 2.62 bits per heavy atom. The Morgan fingerprint density at radius 1 is 1.03 bits per heavy atom. The zero-order valence-corrected chi connectivity index (χ0v) is 16.7. The first-order chi connectivity index (χ1) is 13.9. The van der Waals surface area contributed by atoms with Gasteiger partial charge in [-0.3, -0.25) is 14.4 Å². The molecule has 1 aliphatic carbocycles. The zero-order valence-electron chi connectivity index (χ0n) is 16.7. The van der Waals surface area contributed by atoms with Crippen LogP contribution in [0.2, 0.25) is 0 Å². The molecule has 1 saturated heterocycles. The molecule has 2 N–H and O–H groups in total. The summed E-state index contributed by atoms with van der Waals surface area (Å²) in [5, 5.41) is 5.65. The van der Waals surface area contributed by atoms with E-state index >= 15 is 0 Å². The number of hydrogen-bond acceptors (Lipinski definition) is 3. The number of carbonyl (C=O) groups excluding carboxylic acids is 3. The minimum Gasteiger partial charge on any atom is -0.326 e. The molecule has 0 spiro atoms. The van der Waals surface area contributed by atoms with Crippen LogP contribution < -0.4 is 15.5 Å². The van der Waals surface area contributed by atoms with E-state index in [0.717, 1.165) is 30.5 Å². The van der Waals surface area contributed by atoms with E-state index in [4.69, 9.17) is 0 Å². The third-order valence-electron chi connectivity index (χ3n) is 5.71. The fourth-order valence-corrected chi connectivity index (χ4v) is 4.13. The average molecular weight is 391 g/mol. The second-order valence-electron chi connectivity index (χ2n) is 7.91. The Labute approximate surface area is 170 Å². The third-order valence-corrected chi connectivity index (χ3v) is 5.71. The Bertz CT molecular complexity index is 999. The van der Waals surface area contributed by atoms with Crippen LogP contribution in [0.5, 0.6) is 0 Å². The van der Waals surface area contributed by atoms with Gasteiger partial charge >= 0.3 is 0 Å². The van der Waals surface area contributed by atoms with Crippen LogP contribution >= 0.6 is 0 Å². The minimum atomic E-state index is -0.402. The van der Waals surface area contributed by atoms with Crippen molar-refractivity contribution in [3.05, 3.63) is 53.1 Å². The van der Waals surface area contributed by atoms with Crippen molar-refractivity contribution in [3.63, 3.8) is 0 Å². The normalized spacial score (nSPS) is 17.9. The molecule has 6 heteroatoms. The highest BCUT2D eigenvalue weighted by Gasteiger charge is 2.35. The molecule has 1 unspecified atom stereocenters. The van der Waals surface area contributed by atoms with Gasteiger partial charge < -0.3 is 15.5 Å². The number of nitrogens with zero attached hydrogens (tertiary/aromatic N) is 1. The second-order valence-corrected chi connectivity index (χ2v) is 7.91. The van der Waals surface area contributed by atoms with E-state index in [-0.39, 0.29) is 24.1 Å². The Morgan fingerprint density at radius 2 is 1.83 bits per heavy atom. The van der Waals surface area contributed by atoms with Gasteiger partial charge in [0.25, 0.3) is 0 Å². The van der Waals surface area contributed by atoms with Crippen molar-refractivity contribution in [1.29, 1.82) is 0 Å². The number of amides is 3. The fraction of sp³-hybridized carbons (Fsp3) is 0.348. The summed E-state index contributed by atoms with van der Waals surface area (Å²) >= 11 is 0.